The molecule has 1 fully saturated rings. The van der Waals surface area contributed by atoms with E-state index in [1.165, 1.54) is 31.6 Å². The molecular formula is C20H24BrN3O2. The van der Waals surface area contributed by atoms with Crippen molar-refractivity contribution in [2.45, 2.75) is 32.4 Å². The minimum atomic E-state index is -0.337. The summed E-state index contributed by atoms with van der Waals surface area (Å²) in [4.78, 5) is 13.7. The molecule has 0 unspecified atom stereocenters. The van der Waals surface area contributed by atoms with Gasteiger partial charge in [-0.05, 0) is 59.4 Å². The molecule has 1 aliphatic heterocycles. The minimum Gasteiger partial charge on any atom is -0.466 e. The summed E-state index contributed by atoms with van der Waals surface area (Å²) in [5, 5.41) is 4.52. The second-order valence-corrected chi connectivity index (χ2v) is 7.40. The summed E-state index contributed by atoms with van der Waals surface area (Å²) in [5.74, 6) is -0.337. The van der Waals surface area contributed by atoms with Crippen LogP contribution in [0.4, 0.5) is 0 Å². The van der Waals surface area contributed by atoms with Crippen molar-refractivity contribution in [2.75, 3.05) is 20.2 Å². The van der Waals surface area contributed by atoms with Gasteiger partial charge in [0.25, 0.3) is 0 Å². The minimum absolute atomic E-state index is 0.337. The number of likely N-dealkylation sites (tertiary alicyclic amines) is 1. The molecule has 2 heterocycles. The van der Waals surface area contributed by atoms with Gasteiger partial charge in [0.15, 0.2) is 0 Å². The van der Waals surface area contributed by atoms with Crippen molar-refractivity contribution in [3.63, 3.8) is 0 Å². The molecule has 1 aromatic heterocycles. The molecule has 1 aliphatic rings. The van der Waals surface area contributed by atoms with E-state index in [9.17, 15) is 4.79 Å². The fourth-order valence-electron chi connectivity index (χ4n) is 3.37. The van der Waals surface area contributed by atoms with Crippen molar-refractivity contribution in [3.05, 3.63) is 57.8 Å². The summed E-state index contributed by atoms with van der Waals surface area (Å²) in [5.41, 5.74) is 3.36. The first kappa shape index (κ1) is 18.9. The van der Waals surface area contributed by atoms with E-state index >= 15 is 0 Å². The molecular weight excluding hydrogens is 394 g/mol. The normalized spacial score (nSPS) is 17.9. The van der Waals surface area contributed by atoms with Crippen molar-refractivity contribution < 1.29 is 9.53 Å². The number of carbonyl (C=O) groups excluding carboxylic acids is 1. The highest BCUT2D eigenvalue weighted by molar-refractivity contribution is 9.10. The van der Waals surface area contributed by atoms with Gasteiger partial charge in [-0.3, -0.25) is 9.58 Å². The Morgan fingerprint density at radius 2 is 2.12 bits per heavy atom. The van der Waals surface area contributed by atoms with E-state index in [4.69, 9.17) is 0 Å². The van der Waals surface area contributed by atoms with Gasteiger partial charge >= 0.3 is 5.97 Å². The molecule has 0 bridgehead atoms. The van der Waals surface area contributed by atoms with Crippen LogP contribution in [0.3, 0.4) is 0 Å². The summed E-state index contributed by atoms with van der Waals surface area (Å²) in [6.07, 6.45) is 7.67. The van der Waals surface area contributed by atoms with Crippen LogP contribution in [-0.2, 0) is 16.1 Å². The van der Waals surface area contributed by atoms with Crippen molar-refractivity contribution in [1.82, 2.24) is 14.7 Å². The van der Waals surface area contributed by atoms with Crippen LogP contribution in [0.15, 0.2) is 41.0 Å². The van der Waals surface area contributed by atoms with Gasteiger partial charge in [-0.2, -0.15) is 5.10 Å². The van der Waals surface area contributed by atoms with E-state index in [0.29, 0.717) is 6.04 Å². The Labute approximate surface area is 162 Å². The standard InChI is InChI=1S/C20H24BrN3O2/c1-15-18(21)14-24(22-15)13-12-23-11-3-4-19(23)17-8-5-16(6-9-17)7-10-20(25)26-2/h5-10,14,19H,3-4,11-13H2,1-2H3/t19-/m0/s1. The average molecular weight is 418 g/mol. The molecule has 2 aromatic rings. The number of esters is 1. The molecule has 0 radical (unpaired) electrons. The van der Waals surface area contributed by atoms with E-state index in [0.717, 1.165) is 35.4 Å². The molecule has 0 N–H and O–H groups in total. The summed E-state index contributed by atoms with van der Waals surface area (Å²) >= 11 is 3.52. The quantitative estimate of drug-likeness (QED) is 0.526. The van der Waals surface area contributed by atoms with Crippen molar-refractivity contribution >= 4 is 28.0 Å². The van der Waals surface area contributed by atoms with Crippen molar-refractivity contribution in [3.8, 4) is 0 Å². The Kier molecular flexibility index (Phi) is 6.27. The Bertz CT molecular complexity index is 763. The molecule has 1 saturated heterocycles. The lowest BCUT2D eigenvalue weighted by Crippen LogP contribution is -2.27. The van der Waals surface area contributed by atoms with Gasteiger partial charge in [0, 0.05) is 24.9 Å². The van der Waals surface area contributed by atoms with Gasteiger partial charge in [0.1, 0.15) is 0 Å². The summed E-state index contributed by atoms with van der Waals surface area (Å²) < 4.78 is 7.69. The predicted molar refractivity (Wildman–Crippen MR) is 106 cm³/mol. The van der Waals surface area contributed by atoms with Crippen molar-refractivity contribution in [1.29, 1.82) is 0 Å². The zero-order valence-electron chi connectivity index (χ0n) is 15.2. The van der Waals surface area contributed by atoms with Crippen LogP contribution in [0.25, 0.3) is 6.08 Å². The summed E-state index contributed by atoms with van der Waals surface area (Å²) in [6, 6.07) is 8.88. The van der Waals surface area contributed by atoms with Crippen LogP contribution >= 0.6 is 15.9 Å². The topological polar surface area (TPSA) is 47.4 Å². The lowest BCUT2D eigenvalue weighted by molar-refractivity contribution is -0.134. The molecule has 6 heteroatoms. The van der Waals surface area contributed by atoms with Crippen molar-refractivity contribution in [2.24, 2.45) is 0 Å². The average Bonchev–Trinajstić information content (AvgIpc) is 3.24. The molecule has 5 nitrogen and oxygen atoms in total. The lowest BCUT2D eigenvalue weighted by Gasteiger charge is -2.24. The highest BCUT2D eigenvalue weighted by atomic mass is 79.9. The van der Waals surface area contributed by atoms with Crippen LogP contribution in [-0.4, -0.2) is 40.8 Å². The lowest BCUT2D eigenvalue weighted by atomic mass is 10.0. The summed E-state index contributed by atoms with van der Waals surface area (Å²) in [6.45, 7) is 5.01. The number of halogens is 1. The highest BCUT2D eigenvalue weighted by Gasteiger charge is 2.25. The maximum Gasteiger partial charge on any atom is 0.330 e. The number of benzene rings is 1. The Hall–Kier alpha value is -1.92. The number of methoxy groups -OCH3 is 1. The van der Waals surface area contributed by atoms with Crippen LogP contribution in [0.1, 0.15) is 35.7 Å². The molecule has 0 saturated carbocycles. The fourth-order valence-corrected chi connectivity index (χ4v) is 3.69. The Morgan fingerprint density at radius 1 is 1.35 bits per heavy atom. The maximum atomic E-state index is 11.2. The fraction of sp³-hybridized carbons (Fsp3) is 0.400. The maximum absolute atomic E-state index is 11.2. The number of nitrogens with zero attached hydrogens (tertiary/aromatic N) is 3. The number of ether oxygens (including phenoxy) is 1. The predicted octanol–water partition coefficient (Wildman–Crippen LogP) is 3.98. The third-order valence-electron chi connectivity index (χ3n) is 4.80. The number of carbonyl (C=O) groups is 1. The van der Waals surface area contributed by atoms with Crippen LogP contribution in [0, 0.1) is 6.92 Å². The molecule has 138 valence electrons. The van der Waals surface area contributed by atoms with Crippen LogP contribution < -0.4 is 0 Å². The van der Waals surface area contributed by atoms with Gasteiger partial charge in [-0.25, -0.2) is 4.79 Å². The monoisotopic (exact) mass is 417 g/mol. The molecule has 1 atom stereocenters. The largest absolute Gasteiger partial charge is 0.466 e. The second-order valence-electron chi connectivity index (χ2n) is 6.54. The molecule has 3 rings (SSSR count). The SMILES string of the molecule is COC(=O)C=Cc1ccc([C@@H]2CCCN2CCn2cc(Br)c(C)n2)cc1. The van der Waals surface area contributed by atoms with Gasteiger partial charge in [-0.1, -0.05) is 24.3 Å². The first-order valence-corrected chi connectivity index (χ1v) is 9.65. The Balaban J connectivity index is 1.62. The summed E-state index contributed by atoms with van der Waals surface area (Å²) in [7, 11) is 1.38. The van der Waals surface area contributed by atoms with Crippen LogP contribution in [0.5, 0.6) is 0 Å². The first-order valence-electron chi connectivity index (χ1n) is 8.86. The number of aromatic nitrogens is 2. The smallest absolute Gasteiger partial charge is 0.330 e. The second kappa shape index (κ2) is 8.64. The number of rotatable bonds is 6. The van der Waals surface area contributed by atoms with Gasteiger partial charge in [0.2, 0.25) is 0 Å². The van der Waals surface area contributed by atoms with E-state index in [1.54, 1.807) is 6.08 Å². The molecule has 1 aromatic carbocycles. The van der Waals surface area contributed by atoms with E-state index < -0.39 is 0 Å². The van der Waals surface area contributed by atoms with Gasteiger partial charge in [-0.15, -0.1) is 0 Å². The van der Waals surface area contributed by atoms with Gasteiger partial charge < -0.3 is 4.74 Å². The molecule has 26 heavy (non-hydrogen) atoms. The molecule has 0 spiro atoms. The van der Waals surface area contributed by atoms with Gasteiger partial charge in [0.05, 0.1) is 23.8 Å². The number of aryl methyl sites for hydroxylation is 1. The third kappa shape index (κ3) is 4.62. The third-order valence-corrected chi connectivity index (χ3v) is 5.58. The number of hydrogen-bond acceptors (Lipinski definition) is 4. The highest BCUT2D eigenvalue weighted by Crippen LogP contribution is 2.32. The van der Waals surface area contributed by atoms with E-state index in [2.05, 4.69) is 54.9 Å². The Morgan fingerprint density at radius 3 is 2.77 bits per heavy atom. The van der Waals surface area contributed by atoms with Crippen LogP contribution in [0.2, 0.25) is 0 Å². The molecule has 0 aliphatic carbocycles. The first-order chi connectivity index (χ1) is 12.6. The van der Waals surface area contributed by atoms with E-state index in [1.807, 2.05) is 17.8 Å². The number of hydrogen-bond donors (Lipinski definition) is 0. The molecule has 0 amide bonds. The van der Waals surface area contributed by atoms with E-state index in [-0.39, 0.29) is 5.97 Å². The zero-order valence-corrected chi connectivity index (χ0v) is 16.8. The zero-order chi connectivity index (χ0) is 18.5.